The molecule has 4 fully saturated rings. The Morgan fingerprint density at radius 2 is 1.85 bits per heavy atom. The van der Waals surface area contributed by atoms with Gasteiger partial charge in [0.25, 0.3) is 0 Å². The van der Waals surface area contributed by atoms with Gasteiger partial charge in [-0.3, -0.25) is 9.79 Å². The van der Waals surface area contributed by atoms with Gasteiger partial charge in [-0.15, -0.1) is 0 Å². The minimum Gasteiger partial charge on any atom is -0.322 e. The Hall–Kier alpha value is -1.81. The summed E-state index contributed by atoms with van der Waals surface area (Å²) in [7, 11) is -2.37. The van der Waals surface area contributed by atoms with E-state index in [1.807, 2.05) is 20.8 Å². The van der Waals surface area contributed by atoms with Crippen LogP contribution in [0, 0.1) is 29.1 Å². The highest BCUT2D eigenvalue weighted by atomic mass is 32.2. The number of nitrogens with zero attached hydrogens (tertiary/aromatic N) is 2. The monoisotopic (exact) mass is 479 g/mol. The van der Waals surface area contributed by atoms with Gasteiger partial charge >= 0.3 is 6.03 Å². The van der Waals surface area contributed by atoms with Gasteiger partial charge < -0.3 is 15.6 Å². The number of urea groups is 1. The molecular formula is C23H37N5O4S. The van der Waals surface area contributed by atoms with Crippen molar-refractivity contribution in [1.29, 1.82) is 5.41 Å². The molecular weight excluding hydrogens is 442 g/mol. The number of carbonyl (C=O) groups is 2. The van der Waals surface area contributed by atoms with Crippen molar-refractivity contribution >= 4 is 33.8 Å². The minimum atomic E-state index is -3.97. The number of hydrogen-bond acceptors (Lipinski definition) is 7. The Morgan fingerprint density at radius 1 is 1.21 bits per heavy atom. The molecule has 4 unspecified atom stereocenters. The zero-order valence-corrected chi connectivity index (χ0v) is 20.9. The molecule has 9 nitrogen and oxygen atoms in total. The molecule has 0 aromatic heterocycles. The Labute approximate surface area is 196 Å². The summed E-state index contributed by atoms with van der Waals surface area (Å²) in [4.78, 5) is 31.4. The quantitative estimate of drug-likeness (QED) is 0.480. The first-order chi connectivity index (χ1) is 15.4. The van der Waals surface area contributed by atoms with E-state index in [-0.39, 0.29) is 24.2 Å². The fourth-order valence-corrected chi connectivity index (χ4v) is 8.89. The third kappa shape index (κ3) is 4.48. The van der Waals surface area contributed by atoms with E-state index in [0.29, 0.717) is 43.4 Å². The highest BCUT2D eigenvalue weighted by Crippen LogP contribution is 2.57. The van der Waals surface area contributed by atoms with E-state index in [2.05, 4.69) is 15.0 Å². The number of nitrogens with one attached hydrogen (secondary N) is 3. The van der Waals surface area contributed by atoms with Gasteiger partial charge in [0.1, 0.15) is 5.25 Å². The van der Waals surface area contributed by atoms with Gasteiger partial charge in [-0.2, -0.15) is 0 Å². The van der Waals surface area contributed by atoms with E-state index in [1.54, 1.807) is 7.05 Å². The summed E-state index contributed by atoms with van der Waals surface area (Å²) in [6, 6.07) is -0.625. The molecule has 3 N–H and O–H groups in total. The van der Waals surface area contributed by atoms with Crippen molar-refractivity contribution in [3.8, 4) is 0 Å². The molecule has 0 aromatic carbocycles. The van der Waals surface area contributed by atoms with Crippen molar-refractivity contribution in [3.05, 3.63) is 0 Å². The highest BCUT2D eigenvalue weighted by molar-refractivity contribution is 7.90. The lowest BCUT2D eigenvalue weighted by Crippen LogP contribution is -2.71. The summed E-state index contributed by atoms with van der Waals surface area (Å²) in [6.07, 6.45) is 5.99. The lowest BCUT2D eigenvalue weighted by molar-refractivity contribution is -0.121. The number of amides is 2. The first-order valence-corrected chi connectivity index (χ1v) is 13.5. The Bertz CT molecular complexity index is 956. The SMILES string of the molecule is CN(C(=O)NS(=O)(=O)C1C2CC3CC(C2)CC1(NCC(=O)C1CCN=C1C=N)C3)C(C)(C)C. The van der Waals surface area contributed by atoms with Gasteiger partial charge in [0.2, 0.25) is 10.0 Å². The van der Waals surface area contributed by atoms with E-state index in [9.17, 15) is 18.0 Å². The summed E-state index contributed by atoms with van der Waals surface area (Å²) in [5, 5.41) is 10.2. The molecule has 4 aliphatic carbocycles. The second kappa shape index (κ2) is 8.45. The molecule has 4 saturated carbocycles. The van der Waals surface area contributed by atoms with Crippen molar-refractivity contribution in [2.45, 2.75) is 75.6 Å². The lowest BCUT2D eigenvalue weighted by atomic mass is 9.52. The molecule has 184 valence electrons. The predicted octanol–water partition coefficient (Wildman–Crippen LogP) is 1.97. The van der Waals surface area contributed by atoms with Crippen molar-refractivity contribution in [2.75, 3.05) is 20.1 Å². The Balaban J connectivity index is 1.56. The molecule has 33 heavy (non-hydrogen) atoms. The smallest absolute Gasteiger partial charge is 0.322 e. The van der Waals surface area contributed by atoms with E-state index in [0.717, 1.165) is 25.5 Å². The highest BCUT2D eigenvalue weighted by Gasteiger charge is 2.61. The lowest BCUT2D eigenvalue weighted by Gasteiger charge is -2.60. The number of ketones is 1. The maximum atomic E-state index is 13.6. The van der Waals surface area contributed by atoms with E-state index in [4.69, 9.17) is 5.41 Å². The molecule has 0 saturated heterocycles. The van der Waals surface area contributed by atoms with Gasteiger partial charge in [-0.25, -0.2) is 17.9 Å². The zero-order valence-electron chi connectivity index (χ0n) is 20.1. The number of carbonyl (C=O) groups excluding carboxylic acids is 2. The molecule has 1 heterocycles. The third-order valence-corrected chi connectivity index (χ3v) is 10.3. The van der Waals surface area contributed by atoms with Crippen molar-refractivity contribution in [1.82, 2.24) is 14.9 Å². The van der Waals surface area contributed by atoms with Crippen molar-refractivity contribution < 1.29 is 18.0 Å². The fraction of sp³-hybridized carbons (Fsp3) is 0.826. The molecule has 10 heteroatoms. The molecule has 4 atom stereocenters. The first kappa shape index (κ1) is 24.3. The average molecular weight is 480 g/mol. The average Bonchev–Trinajstić information content (AvgIpc) is 3.18. The van der Waals surface area contributed by atoms with Crippen LogP contribution in [0.3, 0.4) is 0 Å². The molecule has 5 rings (SSSR count). The molecule has 0 radical (unpaired) electrons. The van der Waals surface area contributed by atoms with Gasteiger partial charge in [0, 0.05) is 30.9 Å². The normalized spacial score (nSPS) is 35.3. The zero-order chi connectivity index (χ0) is 24.2. The topological polar surface area (TPSA) is 132 Å². The second-order valence-electron chi connectivity index (χ2n) is 11.5. The van der Waals surface area contributed by atoms with E-state index < -0.39 is 32.4 Å². The molecule has 2 amide bonds. The largest absolute Gasteiger partial charge is 0.331 e. The Kier molecular flexibility index (Phi) is 6.22. The van der Waals surface area contributed by atoms with Crippen LogP contribution in [-0.2, 0) is 14.8 Å². The number of aliphatic imine (C=N–C) groups is 1. The number of hydrogen-bond donors (Lipinski definition) is 3. The molecule has 1 aliphatic heterocycles. The van der Waals surface area contributed by atoms with E-state index in [1.165, 1.54) is 4.90 Å². The van der Waals surface area contributed by atoms with Gasteiger partial charge in [0.15, 0.2) is 5.78 Å². The third-order valence-electron chi connectivity index (χ3n) is 8.31. The Morgan fingerprint density at radius 3 is 2.42 bits per heavy atom. The molecule has 0 spiro atoms. The van der Waals surface area contributed by atoms with E-state index >= 15 is 0 Å². The van der Waals surface area contributed by atoms with Gasteiger partial charge in [0.05, 0.1) is 18.2 Å². The maximum Gasteiger partial charge on any atom is 0.331 e. The minimum absolute atomic E-state index is 0.0192. The van der Waals surface area contributed by atoms with Crippen LogP contribution in [0.25, 0.3) is 0 Å². The molecule has 0 aromatic rings. The second-order valence-corrected chi connectivity index (χ2v) is 13.3. The predicted molar refractivity (Wildman–Crippen MR) is 127 cm³/mol. The van der Waals surface area contributed by atoms with Crippen LogP contribution in [0.15, 0.2) is 4.99 Å². The van der Waals surface area contributed by atoms with Gasteiger partial charge in [-0.1, -0.05) is 0 Å². The van der Waals surface area contributed by atoms with Crippen LogP contribution in [0.4, 0.5) is 4.79 Å². The standard InChI is InChI=1S/C23H37N5O4S/c1-22(2,3)28(4)21(30)27-33(31,32)20-16-8-14-7-15(9-16)11-23(20,10-14)26-13-19(29)17-5-6-25-18(17)12-24/h12,14-17,20,24,26H,5-11,13H2,1-4H3,(H,27,30). The number of rotatable bonds is 7. The van der Waals surface area contributed by atoms with Crippen LogP contribution in [0.2, 0.25) is 0 Å². The van der Waals surface area contributed by atoms with Crippen LogP contribution >= 0.6 is 0 Å². The van der Waals surface area contributed by atoms with Crippen molar-refractivity contribution in [3.63, 3.8) is 0 Å². The summed E-state index contributed by atoms with van der Waals surface area (Å²) in [5.41, 5.74) is -0.715. The summed E-state index contributed by atoms with van der Waals surface area (Å²) < 4.78 is 29.6. The van der Waals surface area contributed by atoms with Crippen LogP contribution in [-0.4, -0.2) is 73.5 Å². The molecule has 5 aliphatic rings. The fourth-order valence-electron chi connectivity index (χ4n) is 6.79. The number of sulfonamides is 1. The first-order valence-electron chi connectivity index (χ1n) is 12.0. The van der Waals surface area contributed by atoms with Crippen LogP contribution < -0.4 is 10.0 Å². The molecule has 4 bridgehead atoms. The summed E-state index contributed by atoms with van der Waals surface area (Å²) >= 11 is 0. The number of Topliss-reactive ketones (excluding diaryl/α,β-unsaturated/α-hetero) is 1. The van der Waals surface area contributed by atoms with Gasteiger partial charge in [-0.05, 0) is 77.0 Å². The van der Waals surface area contributed by atoms with Crippen LogP contribution in [0.1, 0.15) is 59.3 Å². The summed E-state index contributed by atoms with van der Waals surface area (Å²) in [6.45, 7) is 6.16. The summed E-state index contributed by atoms with van der Waals surface area (Å²) in [5.74, 6) is 0.455. The van der Waals surface area contributed by atoms with Crippen LogP contribution in [0.5, 0.6) is 0 Å². The van der Waals surface area contributed by atoms with Crippen molar-refractivity contribution in [2.24, 2.45) is 28.7 Å². The maximum absolute atomic E-state index is 13.6.